The summed E-state index contributed by atoms with van der Waals surface area (Å²) in [5.74, 6) is -0.507. The topological polar surface area (TPSA) is 120 Å². The number of nitrogens with zero attached hydrogens (tertiary/aromatic N) is 2. The highest BCUT2D eigenvalue weighted by molar-refractivity contribution is 6.07. The summed E-state index contributed by atoms with van der Waals surface area (Å²) in [6, 6.07) is 0. The SMILES string of the molecule is CC1C(N)=CC=CC1(C)N=C(N)N(C(=O)OC(C)(C)C)C(=O)OC(C)(C)C. The van der Waals surface area contributed by atoms with Gasteiger partial charge >= 0.3 is 12.2 Å². The maximum absolute atomic E-state index is 12.6. The molecule has 2 atom stereocenters. The Bertz CT molecular complexity index is 655. The molecule has 1 aliphatic carbocycles. The molecule has 0 aromatic rings. The summed E-state index contributed by atoms with van der Waals surface area (Å²) >= 11 is 0. The van der Waals surface area contributed by atoms with E-state index < -0.39 is 28.9 Å². The van der Waals surface area contributed by atoms with Gasteiger partial charge in [0.2, 0.25) is 5.96 Å². The van der Waals surface area contributed by atoms with Crippen molar-refractivity contribution in [2.75, 3.05) is 0 Å². The predicted octanol–water partition coefficient (Wildman–Crippen LogP) is 3.28. The van der Waals surface area contributed by atoms with Gasteiger partial charge in [-0.2, -0.15) is 0 Å². The summed E-state index contributed by atoms with van der Waals surface area (Å²) in [5, 5.41) is 0. The number of allylic oxidation sites excluding steroid dienone is 2. The van der Waals surface area contributed by atoms with Gasteiger partial charge in [-0.05, 0) is 54.5 Å². The molecule has 0 radical (unpaired) electrons. The van der Waals surface area contributed by atoms with Gasteiger partial charge in [0.05, 0.1) is 5.54 Å². The summed E-state index contributed by atoms with van der Waals surface area (Å²) in [5.41, 5.74) is 10.2. The molecule has 0 saturated carbocycles. The molecule has 0 heterocycles. The van der Waals surface area contributed by atoms with E-state index in [4.69, 9.17) is 20.9 Å². The normalized spacial score (nSPS) is 23.5. The molecule has 0 aromatic heterocycles. The summed E-state index contributed by atoms with van der Waals surface area (Å²) in [7, 11) is 0. The van der Waals surface area contributed by atoms with E-state index in [1.807, 2.05) is 19.9 Å². The highest BCUT2D eigenvalue weighted by Gasteiger charge is 2.37. The Kier molecular flexibility index (Phi) is 6.36. The average Bonchev–Trinajstić information content (AvgIpc) is 2.40. The predicted molar refractivity (Wildman–Crippen MR) is 105 cm³/mol. The average molecular weight is 380 g/mol. The van der Waals surface area contributed by atoms with Crippen LogP contribution >= 0.6 is 0 Å². The van der Waals surface area contributed by atoms with Gasteiger partial charge in [0.15, 0.2) is 0 Å². The third kappa shape index (κ3) is 6.30. The number of rotatable bonds is 1. The van der Waals surface area contributed by atoms with Crippen LogP contribution in [-0.4, -0.2) is 39.8 Å². The van der Waals surface area contributed by atoms with Crippen LogP contribution in [0.2, 0.25) is 0 Å². The first-order valence-electron chi connectivity index (χ1n) is 8.82. The highest BCUT2D eigenvalue weighted by atomic mass is 16.6. The fraction of sp³-hybridized carbons (Fsp3) is 0.632. The summed E-state index contributed by atoms with van der Waals surface area (Å²) in [6.07, 6.45) is 3.42. The molecular formula is C19H32N4O4. The van der Waals surface area contributed by atoms with E-state index in [1.54, 1.807) is 53.7 Å². The molecule has 4 N–H and O–H groups in total. The van der Waals surface area contributed by atoms with Crippen LogP contribution in [0.15, 0.2) is 28.9 Å². The lowest BCUT2D eigenvalue weighted by Gasteiger charge is -2.33. The Hall–Kier alpha value is -2.51. The number of carbonyl (C=O) groups is 2. The van der Waals surface area contributed by atoms with Gasteiger partial charge in [-0.3, -0.25) is 0 Å². The quantitative estimate of drug-likeness (QED) is 0.532. The highest BCUT2D eigenvalue weighted by Crippen LogP contribution is 2.31. The molecule has 0 spiro atoms. The number of imide groups is 1. The maximum Gasteiger partial charge on any atom is 0.427 e. The van der Waals surface area contributed by atoms with E-state index in [0.717, 1.165) is 0 Å². The molecule has 0 fully saturated rings. The zero-order valence-electron chi connectivity index (χ0n) is 17.5. The van der Waals surface area contributed by atoms with Gasteiger partial charge in [-0.1, -0.05) is 19.1 Å². The van der Waals surface area contributed by atoms with E-state index in [2.05, 4.69) is 4.99 Å². The number of ether oxygens (including phenoxy) is 2. The molecule has 0 bridgehead atoms. The second-order valence-electron chi connectivity index (χ2n) is 8.74. The fourth-order valence-electron chi connectivity index (χ4n) is 2.29. The standard InChI is InChI=1S/C19H32N4O4/c1-12-13(20)10-9-11-19(12,8)22-14(21)23(15(24)26-17(2,3)4)16(25)27-18(5,6)7/h9-12H,20H2,1-8H3,(H2,21,22). The number of amides is 2. The van der Waals surface area contributed by atoms with Crippen LogP contribution < -0.4 is 11.5 Å². The van der Waals surface area contributed by atoms with Gasteiger partial charge in [-0.15, -0.1) is 4.90 Å². The van der Waals surface area contributed by atoms with Crippen molar-refractivity contribution < 1.29 is 19.1 Å². The van der Waals surface area contributed by atoms with Crippen molar-refractivity contribution in [1.82, 2.24) is 4.90 Å². The van der Waals surface area contributed by atoms with E-state index >= 15 is 0 Å². The molecule has 1 aliphatic rings. The number of aliphatic imine (C=N–C) groups is 1. The number of nitrogens with two attached hydrogens (primary N) is 2. The van der Waals surface area contributed by atoms with Gasteiger partial charge in [0, 0.05) is 11.6 Å². The third-order valence-electron chi connectivity index (χ3n) is 3.84. The van der Waals surface area contributed by atoms with E-state index in [0.29, 0.717) is 10.6 Å². The van der Waals surface area contributed by atoms with E-state index in [-0.39, 0.29) is 11.9 Å². The van der Waals surface area contributed by atoms with Crippen LogP contribution in [0, 0.1) is 5.92 Å². The second-order valence-corrected chi connectivity index (χ2v) is 8.74. The number of hydrogen-bond acceptors (Lipinski definition) is 6. The zero-order valence-corrected chi connectivity index (χ0v) is 17.5. The largest absolute Gasteiger partial charge is 0.443 e. The molecule has 8 heteroatoms. The third-order valence-corrected chi connectivity index (χ3v) is 3.84. The molecule has 152 valence electrons. The van der Waals surface area contributed by atoms with E-state index in [1.165, 1.54) is 0 Å². The van der Waals surface area contributed by atoms with Gasteiger partial charge in [-0.25, -0.2) is 14.6 Å². The first-order valence-corrected chi connectivity index (χ1v) is 8.82. The summed E-state index contributed by atoms with van der Waals surface area (Å²) in [4.78, 5) is 30.2. The maximum atomic E-state index is 12.6. The van der Waals surface area contributed by atoms with Gasteiger partial charge in [0.1, 0.15) is 11.2 Å². The molecule has 0 aromatic carbocycles. The number of carbonyl (C=O) groups excluding carboxylic acids is 2. The monoisotopic (exact) mass is 380 g/mol. The van der Waals surface area contributed by atoms with Gasteiger partial charge < -0.3 is 20.9 Å². The molecule has 0 saturated heterocycles. The van der Waals surface area contributed by atoms with Gasteiger partial charge in [0.25, 0.3) is 0 Å². The second kappa shape index (κ2) is 7.62. The van der Waals surface area contributed by atoms with Crippen LogP contribution in [0.1, 0.15) is 55.4 Å². The first kappa shape index (κ1) is 22.5. The summed E-state index contributed by atoms with van der Waals surface area (Å²) in [6.45, 7) is 13.8. The van der Waals surface area contributed by atoms with Crippen LogP contribution in [0.25, 0.3) is 0 Å². The fourth-order valence-corrected chi connectivity index (χ4v) is 2.29. The minimum atomic E-state index is -0.961. The smallest absolute Gasteiger partial charge is 0.427 e. The van der Waals surface area contributed by atoms with Crippen molar-refractivity contribution in [3.8, 4) is 0 Å². The Morgan fingerprint density at radius 1 is 1.11 bits per heavy atom. The van der Waals surface area contributed by atoms with Crippen LogP contribution in [0.3, 0.4) is 0 Å². The molecule has 8 nitrogen and oxygen atoms in total. The lowest BCUT2D eigenvalue weighted by molar-refractivity contribution is 0.0144. The Labute approximate surface area is 161 Å². The Morgan fingerprint density at radius 2 is 1.56 bits per heavy atom. The first-order chi connectivity index (χ1) is 12.1. The van der Waals surface area contributed by atoms with Crippen LogP contribution in [0.4, 0.5) is 9.59 Å². The molecular weight excluding hydrogens is 348 g/mol. The summed E-state index contributed by atoms with van der Waals surface area (Å²) < 4.78 is 10.6. The molecule has 2 amide bonds. The van der Waals surface area contributed by atoms with Crippen molar-refractivity contribution in [3.63, 3.8) is 0 Å². The lowest BCUT2D eigenvalue weighted by Crippen LogP contribution is -2.51. The van der Waals surface area contributed by atoms with Crippen LogP contribution in [-0.2, 0) is 9.47 Å². The lowest BCUT2D eigenvalue weighted by atomic mass is 9.82. The minimum absolute atomic E-state index is 0.180. The number of hydrogen-bond donors (Lipinski definition) is 2. The van der Waals surface area contributed by atoms with Crippen LogP contribution in [0.5, 0.6) is 0 Å². The Morgan fingerprint density at radius 3 is 1.96 bits per heavy atom. The van der Waals surface area contributed by atoms with Crippen molar-refractivity contribution in [2.45, 2.75) is 72.1 Å². The molecule has 27 heavy (non-hydrogen) atoms. The van der Waals surface area contributed by atoms with E-state index in [9.17, 15) is 9.59 Å². The molecule has 0 aliphatic heterocycles. The van der Waals surface area contributed by atoms with Crippen molar-refractivity contribution in [3.05, 3.63) is 23.9 Å². The van der Waals surface area contributed by atoms with Crippen molar-refractivity contribution >= 4 is 18.1 Å². The molecule has 1 rings (SSSR count). The zero-order chi connectivity index (χ0) is 21.2. The Balaban J connectivity index is 3.28. The van der Waals surface area contributed by atoms with Crippen molar-refractivity contribution in [1.29, 1.82) is 0 Å². The van der Waals surface area contributed by atoms with Crippen molar-refractivity contribution in [2.24, 2.45) is 22.4 Å². The molecule has 2 unspecified atom stereocenters. The number of guanidine groups is 1. The minimum Gasteiger partial charge on any atom is -0.443 e.